The molecule has 0 aliphatic carbocycles. The number of anilines is 1. The quantitative estimate of drug-likeness (QED) is 0.849. The van der Waals surface area contributed by atoms with Gasteiger partial charge in [0.15, 0.2) is 9.84 Å². The van der Waals surface area contributed by atoms with Crippen molar-refractivity contribution < 1.29 is 17.6 Å². The molecule has 0 saturated carbocycles. The van der Waals surface area contributed by atoms with Crippen molar-refractivity contribution in [2.45, 2.75) is 17.7 Å². The van der Waals surface area contributed by atoms with E-state index in [2.05, 4.69) is 0 Å². The smallest absolute Gasteiger partial charge is 0.261 e. The highest BCUT2D eigenvalue weighted by atomic mass is 32.2. The van der Waals surface area contributed by atoms with Gasteiger partial charge in [-0.25, -0.2) is 12.8 Å². The van der Waals surface area contributed by atoms with E-state index in [0.717, 1.165) is 6.26 Å². The standard InChI is InChI=1S/C17H16FNO3S/c1-23(21,22)16-10-4-9-15-13(16)7-5-11-19(15)17(20)12-6-2-3-8-14(12)18/h2-4,6,8-10H,5,7,11H2,1H3. The average Bonchev–Trinajstić information content (AvgIpc) is 2.52. The van der Waals surface area contributed by atoms with Crippen LogP contribution in [0.1, 0.15) is 22.3 Å². The van der Waals surface area contributed by atoms with Crippen LogP contribution in [-0.4, -0.2) is 27.1 Å². The molecule has 1 aliphatic heterocycles. The van der Waals surface area contributed by atoms with E-state index in [9.17, 15) is 17.6 Å². The second kappa shape index (κ2) is 5.77. The second-order valence-electron chi connectivity index (χ2n) is 5.57. The third kappa shape index (κ3) is 2.86. The number of hydrogen-bond acceptors (Lipinski definition) is 3. The Morgan fingerprint density at radius 3 is 2.57 bits per heavy atom. The van der Waals surface area contributed by atoms with E-state index in [4.69, 9.17) is 0 Å². The number of hydrogen-bond donors (Lipinski definition) is 0. The summed E-state index contributed by atoms with van der Waals surface area (Å²) in [4.78, 5) is 14.4. The van der Waals surface area contributed by atoms with E-state index >= 15 is 0 Å². The summed E-state index contributed by atoms with van der Waals surface area (Å²) < 4.78 is 37.8. The summed E-state index contributed by atoms with van der Waals surface area (Å²) in [7, 11) is -3.38. The van der Waals surface area contributed by atoms with E-state index in [1.54, 1.807) is 24.3 Å². The first kappa shape index (κ1) is 15.7. The first-order valence-corrected chi connectivity index (χ1v) is 9.17. The maximum atomic E-state index is 13.9. The normalized spacial score (nSPS) is 14.4. The molecule has 0 radical (unpaired) electrons. The molecule has 0 saturated heterocycles. The van der Waals surface area contributed by atoms with E-state index in [-0.39, 0.29) is 10.5 Å². The molecule has 23 heavy (non-hydrogen) atoms. The van der Waals surface area contributed by atoms with Gasteiger partial charge in [-0.1, -0.05) is 18.2 Å². The minimum Gasteiger partial charge on any atom is -0.308 e. The number of fused-ring (bicyclic) bond motifs is 1. The molecule has 0 spiro atoms. The molecule has 0 bridgehead atoms. The van der Waals surface area contributed by atoms with Gasteiger partial charge < -0.3 is 4.90 Å². The number of amides is 1. The number of sulfone groups is 1. The highest BCUT2D eigenvalue weighted by Gasteiger charge is 2.28. The lowest BCUT2D eigenvalue weighted by Gasteiger charge is -2.30. The molecule has 2 aromatic rings. The Kier molecular flexibility index (Phi) is 3.93. The fraction of sp³-hybridized carbons (Fsp3) is 0.235. The SMILES string of the molecule is CS(=O)(=O)c1cccc2c1CCCN2C(=O)c1ccccc1F. The van der Waals surface area contributed by atoms with Crippen LogP contribution in [0.5, 0.6) is 0 Å². The summed E-state index contributed by atoms with van der Waals surface area (Å²) in [6, 6.07) is 10.7. The summed E-state index contributed by atoms with van der Waals surface area (Å²) in [5.74, 6) is -1.03. The van der Waals surface area contributed by atoms with Crippen molar-refractivity contribution in [2.24, 2.45) is 0 Å². The molecular weight excluding hydrogens is 317 g/mol. The fourth-order valence-electron chi connectivity index (χ4n) is 2.93. The van der Waals surface area contributed by atoms with Gasteiger partial charge in [0.1, 0.15) is 5.82 Å². The third-order valence-electron chi connectivity index (χ3n) is 3.96. The molecule has 0 aromatic heterocycles. The summed E-state index contributed by atoms with van der Waals surface area (Å²) in [5.41, 5.74) is 1.17. The minimum atomic E-state index is -3.38. The Hall–Kier alpha value is -2.21. The molecule has 2 aromatic carbocycles. The van der Waals surface area contributed by atoms with Crippen molar-refractivity contribution in [3.05, 3.63) is 59.4 Å². The van der Waals surface area contributed by atoms with Crippen LogP contribution in [0.4, 0.5) is 10.1 Å². The highest BCUT2D eigenvalue weighted by Crippen LogP contribution is 2.33. The van der Waals surface area contributed by atoms with Crippen LogP contribution in [0.15, 0.2) is 47.4 Å². The zero-order chi connectivity index (χ0) is 16.6. The van der Waals surface area contributed by atoms with Crippen LogP contribution >= 0.6 is 0 Å². The Labute approximate surface area is 134 Å². The number of nitrogens with zero attached hydrogens (tertiary/aromatic N) is 1. The molecule has 3 rings (SSSR count). The molecule has 0 fully saturated rings. The van der Waals surface area contributed by atoms with E-state index in [1.807, 2.05) is 0 Å². The maximum absolute atomic E-state index is 13.9. The van der Waals surface area contributed by atoms with Gasteiger partial charge in [-0.15, -0.1) is 0 Å². The number of benzene rings is 2. The molecular formula is C17H16FNO3S. The van der Waals surface area contributed by atoms with E-state index in [0.29, 0.717) is 30.6 Å². The summed E-state index contributed by atoms with van der Waals surface area (Å²) in [6.45, 7) is 0.438. The van der Waals surface area contributed by atoms with Gasteiger partial charge in [0, 0.05) is 18.5 Å². The van der Waals surface area contributed by atoms with Crippen LogP contribution in [-0.2, 0) is 16.3 Å². The number of carbonyl (C=O) groups is 1. The monoisotopic (exact) mass is 333 g/mol. The van der Waals surface area contributed by atoms with E-state index in [1.165, 1.54) is 23.1 Å². The zero-order valence-electron chi connectivity index (χ0n) is 12.6. The van der Waals surface area contributed by atoms with Crippen molar-refractivity contribution in [2.75, 3.05) is 17.7 Å². The number of carbonyl (C=O) groups excluding carboxylic acids is 1. The number of halogens is 1. The van der Waals surface area contributed by atoms with Gasteiger partial charge in [-0.05, 0) is 42.7 Å². The molecule has 1 heterocycles. The maximum Gasteiger partial charge on any atom is 0.261 e. The number of rotatable bonds is 2. The predicted molar refractivity (Wildman–Crippen MR) is 85.9 cm³/mol. The largest absolute Gasteiger partial charge is 0.308 e. The minimum absolute atomic E-state index is 0.00916. The topological polar surface area (TPSA) is 54.5 Å². The first-order chi connectivity index (χ1) is 10.9. The zero-order valence-corrected chi connectivity index (χ0v) is 13.4. The Morgan fingerprint density at radius 1 is 1.13 bits per heavy atom. The lowest BCUT2D eigenvalue weighted by atomic mass is 10.0. The molecule has 120 valence electrons. The highest BCUT2D eigenvalue weighted by molar-refractivity contribution is 7.90. The van der Waals surface area contributed by atoms with Crippen LogP contribution in [0.2, 0.25) is 0 Å². The summed E-state index contributed by atoms with van der Waals surface area (Å²) in [5, 5.41) is 0. The molecule has 0 atom stereocenters. The molecule has 1 aliphatic rings. The van der Waals surface area contributed by atoms with Crippen LogP contribution in [0, 0.1) is 5.82 Å². The molecule has 0 unspecified atom stereocenters. The fourth-order valence-corrected chi connectivity index (χ4v) is 3.91. The lowest BCUT2D eigenvalue weighted by Crippen LogP contribution is -2.36. The van der Waals surface area contributed by atoms with Gasteiger partial charge in [-0.3, -0.25) is 4.79 Å². The Morgan fingerprint density at radius 2 is 1.87 bits per heavy atom. The molecule has 0 N–H and O–H groups in total. The van der Waals surface area contributed by atoms with Crippen molar-refractivity contribution in [1.82, 2.24) is 0 Å². The van der Waals surface area contributed by atoms with Crippen molar-refractivity contribution in [1.29, 1.82) is 0 Å². The first-order valence-electron chi connectivity index (χ1n) is 7.28. The molecule has 4 nitrogen and oxygen atoms in total. The van der Waals surface area contributed by atoms with Crippen molar-refractivity contribution >= 4 is 21.4 Å². The third-order valence-corrected chi connectivity index (χ3v) is 5.14. The van der Waals surface area contributed by atoms with Crippen LogP contribution < -0.4 is 4.90 Å². The van der Waals surface area contributed by atoms with Crippen LogP contribution in [0.3, 0.4) is 0 Å². The van der Waals surface area contributed by atoms with Crippen LogP contribution in [0.25, 0.3) is 0 Å². The average molecular weight is 333 g/mol. The van der Waals surface area contributed by atoms with Gasteiger partial charge in [0.25, 0.3) is 5.91 Å². The van der Waals surface area contributed by atoms with Crippen molar-refractivity contribution in [3.8, 4) is 0 Å². The summed E-state index contributed by atoms with van der Waals surface area (Å²) in [6.07, 6.45) is 2.37. The van der Waals surface area contributed by atoms with E-state index < -0.39 is 21.6 Å². The van der Waals surface area contributed by atoms with Gasteiger partial charge in [0.2, 0.25) is 0 Å². The van der Waals surface area contributed by atoms with Gasteiger partial charge in [0.05, 0.1) is 10.5 Å². The second-order valence-corrected chi connectivity index (χ2v) is 7.55. The predicted octanol–water partition coefficient (Wildman–Crippen LogP) is 2.82. The van der Waals surface area contributed by atoms with Crippen molar-refractivity contribution in [3.63, 3.8) is 0 Å². The molecule has 6 heteroatoms. The lowest BCUT2D eigenvalue weighted by molar-refractivity contribution is 0.0981. The Balaban J connectivity index is 2.10. The Bertz CT molecular complexity index is 877. The summed E-state index contributed by atoms with van der Waals surface area (Å²) >= 11 is 0. The van der Waals surface area contributed by atoms with Gasteiger partial charge >= 0.3 is 0 Å². The molecule has 1 amide bonds. The van der Waals surface area contributed by atoms with Gasteiger partial charge in [-0.2, -0.15) is 0 Å².